The van der Waals surface area contributed by atoms with Crippen molar-refractivity contribution >= 4 is 48.3 Å². The molecule has 3 heterocycles. The summed E-state index contributed by atoms with van der Waals surface area (Å²) in [7, 11) is 1.12. The van der Waals surface area contributed by atoms with Crippen molar-refractivity contribution in [2.24, 2.45) is 34.5 Å². The van der Waals surface area contributed by atoms with Gasteiger partial charge in [0, 0.05) is 49.9 Å². The van der Waals surface area contributed by atoms with Crippen LogP contribution in [0.25, 0.3) is 0 Å². The lowest BCUT2D eigenvalue weighted by molar-refractivity contribution is -0.228. The number of carbonyl (C=O) groups excluding carboxylic acids is 8. The van der Waals surface area contributed by atoms with Crippen molar-refractivity contribution in [3.05, 3.63) is 36.3 Å². The highest BCUT2D eigenvalue weighted by Gasteiger charge is 2.88. The van der Waals surface area contributed by atoms with E-state index in [9.17, 15) is 43.5 Å². The molecule has 2 saturated heterocycles. The zero-order chi connectivity index (χ0) is 47.1. The molecule has 14 atom stereocenters. The van der Waals surface area contributed by atoms with Crippen LogP contribution < -0.4 is 0 Å². The third-order valence-electron chi connectivity index (χ3n) is 13.4. The maximum absolute atomic E-state index is 14.1. The van der Waals surface area contributed by atoms with Crippen molar-refractivity contribution in [3.8, 4) is 0 Å². The molecular weight excluding hydrogens is 832 g/mol. The largest absolute Gasteiger partial charge is 0.472 e. The summed E-state index contributed by atoms with van der Waals surface area (Å²) in [6.45, 7) is 18.5. The molecule has 0 aromatic carbocycles. The van der Waals surface area contributed by atoms with Gasteiger partial charge in [-0.3, -0.25) is 28.8 Å². The van der Waals surface area contributed by atoms with E-state index in [2.05, 4.69) is 6.58 Å². The topological polar surface area (TPSA) is 256 Å². The number of furan rings is 1. The summed E-state index contributed by atoms with van der Waals surface area (Å²) in [5.74, 6) is -11.2. The third kappa shape index (κ3) is 8.45. The second-order valence-corrected chi connectivity index (χ2v) is 18.1. The number of esters is 7. The van der Waals surface area contributed by atoms with Gasteiger partial charge in [-0.1, -0.05) is 48.1 Å². The Hall–Kier alpha value is -5.30. The number of carbonyl (C=O) groups is 8. The standard InChI is InChI=1S/C44H58O19/c1-20(2)33(51)39(52)61-37-35(57-19-45)31(42(10)27(15-29(49)54-12)41(9,18-56-23(6)46)62-30(50)16-28(42)58-24(7)47)22(5)44-38(63-44)36(32(43(37,44)11)26-13-14-55-17-26)60-40(53)34(21(3)4)59-25(8)48/h13-14,17,19-21,27-28,31-38,51H,5,15-16,18H2,1-4,6-12H3/t27-,28-,31+,32+,33?,34?,35+,36+,37-,38+,41+,42+,43+,44+/m0/s1. The monoisotopic (exact) mass is 890 g/mol. The van der Waals surface area contributed by atoms with Gasteiger partial charge in [0.05, 0.1) is 37.9 Å². The van der Waals surface area contributed by atoms with E-state index in [1.54, 1.807) is 47.6 Å². The summed E-state index contributed by atoms with van der Waals surface area (Å²) >= 11 is 0. The van der Waals surface area contributed by atoms with Gasteiger partial charge < -0.3 is 52.2 Å². The van der Waals surface area contributed by atoms with Gasteiger partial charge in [-0.15, -0.1) is 0 Å². The molecule has 2 aliphatic heterocycles. The van der Waals surface area contributed by atoms with Crippen LogP contribution in [0.15, 0.2) is 35.2 Å². The average molecular weight is 891 g/mol. The molecule has 0 bridgehead atoms. The van der Waals surface area contributed by atoms with Crippen LogP contribution in [-0.4, -0.2) is 121 Å². The van der Waals surface area contributed by atoms with E-state index in [0.29, 0.717) is 5.56 Å². The minimum absolute atomic E-state index is 0.0961. The van der Waals surface area contributed by atoms with Crippen molar-refractivity contribution < 1.29 is 90.5 Å². The maximum atomic E-state index is 14.1. The number of epoxide rings is 1. The number of rotatable bonds is 16. The summed E-state index contributed by atoms with van der Waals surface area (Å²) in [6.07, 6.45) is -8.84. The van der Waals surface area contributed by atoms with Crippen molar-refractivity contribution in [2.75, 3.05) is 13.7 Å². The second-order valence-electron chi connectivity index (χ2n) is 18.1. The third-order valence-corrected chi connectivity index (χ3v) is 13.4. The zero-order valence-corrected chi connectivity index (χ0v) is 37.4. The molecule has 1 N–H and O–H groups in total. The van der Waals surface area contributed by atoms with Gasteiger partial charge in [-0.05, 0) is 30.0 Å². The molecule has 63 heavy (non-hydrogen) atoms. The Morgan fingerprint density at radius 1 is 0.921 bits per heavy atom. The number of hydrogen-bond donors (Lipinski definition) is 1. The SMILES string of the molecule is C=C1[C@@H]([C@@]2(C)[C@@H](OC(C)=O)CC(=O)O[C@](C)(COC(C)=O)[C@@H]2CC(=O)OC)[C@@H](OC=O)[C@H](OC(=O)C(O)C(C)C)[C@@]2(C)[C@H](c3ccoc3)[C@@H](OC(=O)C(OC(C)=O)C(C)C)[C@H]3O[C@]132. The highest BCUT2D eigenvalue weighted by molar-refractivity contribution is 5.80. The van der Waals surface area contributed by atoms with Crippen molar-refractivity contribution in [3.63, 3.8) is 0 Å². The van der Waals surface area contributed by atoms with E-state index in [-0.39, 0.29) is 12.0 Å². The molecule has 348 valence electrons. The fraction of sp³-hybridized carbons (Fsp3) is 0.682. The van der Waals surface area contributed by atoms with Crippen LogP contribution in [0.4, 0.5) is 0 Å². The first kappa shape index (κ1) is 48.7. The minimum Gasteiger partial charge on any atom is -0.472 e. The molecule has 0 radical (unpaired) electrons. The Labute approximate surface area is 364 Å². The fourth-order valence-electron chi connectivity index (χ4n) is 10.6. The van der Waals surface area contributed by atoms with Crippen molar-refractivity contribution in [1.29, 1.82) is 0 Å². The first-order valence-electron chi connectivity index (χ1n) is 20.7. The van der Waals surface area contributed by atoms with Crippen LogP contribution in [0, 0.1) is 34.5 Å². The molecule has 4 fully saturated rings. The predicted octanol–water partition coefficient (Wildman–Crippen LogP) is 3.06. The normalized spacial score (nSPS) is 35.4. The number of aliphatic hydroxyl groups is 1. The predicted molar refractivity (Wildman–Crippen MR) is 211 cm³/mol. The van der Waals surface area contributed by atoms with Crippen LogP contribution in [0.2, 0.25) is 0 Å². The van der Waals surface area contributed by atoms with E-state index >= 15 is 0 Å². The summed E-state index contributed by atoms with van der Waals surface area (Å²) in [5.41, 5.74) is -6.60. The van der Waals surface area contributed by atoms with E-state index < -0.39 is 156 Å². The molecule has 1 aromatic rings. The Morgan fingerprint density at radius 3 is 2.11 bits per heavy atom. The molecule has 2 aliphatic carbocycles. The Balaban J connectivity index is 1.86. The molecule has 19 nitrogen and oxygen atoms in total. The smallest absolute Gasteiger partial charge is 0.348 e. The van der Waals surface area contributed by atoms with Gasteiger partial charge in [-0.2, -0.15) is 0 Å². The van der Waals surface area contributed by atoms with Crippen LogP contribution in [0.3, 0.4) is 0 Å². The molecule has 1 spiro atoms. The van der Waals surface area contributed by atoms with Crippen LogP contribution in [-0.2, 0) is 81.0 Å². The highest BCUT2D eigenvalue weighted by Crippen LogP contribution is 2.77. The van der Waals surface area contributed by atoms with Gasteiger partial charge in [0.25, 0.3) is 6.47 Å². The molecule has 4 aliphatic rings. The lowest BCUT2D eigenvalue weighted by Crippen LogP contribution is -2.68. The highest BCUT2D eigenvalue weighted by atomic mass is 16.7. The molecule has 1 aromatic heterocycles. The van der Waals surface area contributed by atoms with Gasteiger partial charge in [0.2, 0.25) is 6.10 Å². The summed E-state index contributed by atoms with van der Waals surface area (Å²) in [4.78, 5) is 106. The summed E-state index contributed by atoms with van der Waals surface area (Å²) < 4.78 is 58.8. The number of cyclic esters (lactones) is 1. The van der Waals surface area contributed by atoms with Crippen LogP contribution in [0.5, 0.6) is 0 Å². The van der Waals surface area contributed by atoms with E-state index in [1.807, 2.05) is 0 Å². The van der Waals surface area contributed by atoms with Gasteiger partial charge in [0.15, 0.2) is 6.10 Å². The lowest BCUT2D eigenvalue weighted by atomic mass is 9.47. The number of hydrogen-bond acceptors (Lipinski definition) is 19. The van der Waals surface area contributed by atoms with Crippen LogP contribution in [0.1, 0.15) is 93.6 Å². The molecule has 2 saturated carbocycles. The maximum Gasteiger partial charge on any atom is 0.348 e. The molecule has 19 heteroatoms. The number of ether oxygens (including phenoxy) is 9. The number of methoxy groups -OCH3 is 1. The van der Waals surface area contributed by atoms with E-state index in [0.717, 1.165) is 27.9 Å². The fourth-order valence-corrected chi connectivity index (χ4v) is 10.6. The van der Waals surface area contributed by atoms with E-state index in [1.165, 1.54) is 19.5 Å². The van der Waals surface area contributed by atoms with Crippen molar-refractivity contribution in [2.45, 2.75) is 142 Å². The lowest BCUT2D eigenvalue weighted by Gasteiger charge is -2.59. The molecule has 2 unspecified atom stereocenters. The first-order valence-corrected chi connectivity index (χ1v) is 20.7. The summed E-state index contributed by atoms with van der Waals surface area (Å²) in [5, 5.41) is 11.1. The zero-order valence-electron chi connectivity index (χ0n) is 37.4. The molecule has 5 rings (SSSR count). The summed E-state index contributed by atoms with van der Waals surface area (Å²) in [6, 6.07) is 1.59. The van der Waals surface area contributed by atoms with E-state index in [4.69, 9.17) is 47.0 Å². The minimum atomic E-state index is -1.90. The first-order chi connectivity index (χ1) is 29.4. The van der Waals surface area contributed by atoms with Gasteiger partial charge in [-0.25, -0.2) is 9.59 Å². The van der Waals surface area contributed by atoms with Crippen LogP contribution >= 0.6 is 0 Å². The van der Waals surface area contributed by atoms with Gasteiger partial charge >= 0.3 is 41.8 Å². The Kier molecular flexibility index (Phi) is 14.0. The average Bonchev–Trinajstić information content (AvgIpc) is 3.67. The van der Waals surface area contributed by atoms with Gasteiger partial charge in [0.1, 0.15) is 48.3 Å². The second kappa shape index (κ2) is 18.1. The number of aliphatic hydroxyl groups excluding tert-OH is 1. The van der Waals surface area contributed by atoms with Crippen molar-refractivity contribution in [1.82, 2.24) is 0 Å². The Bertz CT molecular complexity index is 1970. The Morgan fingerprint density at radius 2 is 1.59 bits per heavy atom. The quantitative estimate of drug-likeness (QED) is 0.0822. The molecular formula is C44H58O19. The molecule has 0 amide bonds.